The highest BCUT2D eigenvalue weighted by Gasteiger charge is 2.12. The fourth-order valence-electron chi connectivity index (χ4n) is 1.64. The third kappa shape index (κ3) is 2.62. The van der Waals surface area contributed by atoms with E-state index in [-0.39, 0.29) is 0 Å². The van der Waals surface area contributed by atoms with Gasteiger partial charge < -0.3 is 9.84 Å². The summed E-state index contributed by atoms with van der Waals surface area (Å²) in [4.78, 5) is 4.08. The van der Waals surface area contributed by atoms with Crippen LogP contribution in [-0.2, 0) is 13.5 Å². The second-order valence-corrected chi connectivity index (χ2v) is 3.80. The Labute approximate surface area is 99.7 Å². The van der Waals surface area contributed by atoms with E-state index in [1.165, 1.54) is 6.33 Å². The Balaban J connectivity index is 2.14. The van der Waals surface area contributed by atoms with Crippen LogP contribution < -0.4 is 4.74 Å². The van der Waals surface area contributed by atoms with E-state index in [0.29, 0.717) is 6.42 Å². The monoisotopic (exact) mass is 233 g/mol. The number of nitrogens with zero attached hydrogens (tertiary/aromatic N) is 3. The fourth-order valence-corrected chi connectivity index (χ4v) is 1.64. The van der Waals surface area contributed by atoms with Crippen LogP contribution in [0.5, 0.6) is 5.75 Å². The van der Waals surface area contributed by atoms with Crippen molar-refractivity contribution in [3.8, 4) is 5.75 Å². The van der Waals surface area contributed by atoms with Crippen molar-refractivity contribution >= 4 is 0 Å². The zero-order valence-corrected chi connectivity index (χ0v) is 9.87. The van der Waals surface area contributed by atoms with Gasteiger partial charge in [-0.1, -0.05) is 12.1 Å². The molecule has 0 fully saturated rings. The van der Waals surface area contributed by atoms with Crippen molar-refractivity contribution in [2.45, 2.75) is 12.5 Å². The first kappa shape index (κ1) is 11.6. The summed E-state index contributed by atoms with van der Waals surface area (Å²) in [6.07, 6.45) is 1.31. The fraction of sp³-hybridized carbons (Fsp3) is 0.333. The van der Waals surface area contributed by atoms with E-state index in [2.05, 4.69) is 10.1 Å². The molecule has 17 heavy (non-hydrogen) atoms. The summed E-state index contributed by atoms with van der Waals surface area (Å²) in [6, 6.07) is 7.39. The highest BCUT2D eigenvalue weighted by Crippen LogP contribution is 2.21. The zero-order valence-electron chi connectivity index (χ0n) is 9.87. The molecular formula is C12H15N3O2. The highest BCUT2D eigenvalue weighted by atomic mass is 16.5. The van der Waals surface area contributed by atoms with Crippen LogP contribution in [0.4, 0.5) is 0 Å². The van der Waals surface area contributed by atoms with Gasteiger partial charge in [-0.25, -0.2) is 4.98 Å². The molecule has 0 aliphatic carbocycles. The molecule has 1 aromatic heterocycles. The first-order chi connectivity index (χ1) is 8.20. The Bertz CT molecular complexity index is 496. The number of ether oxygens (including phenoxy) is 1. The van der Waals surface area contributed by atoms with E-state index < -0.39 is 6.10 Å². The van der Waals surface area contributed by atoms with E-state index in [1.807, 2.05) is 24.3 Å². The molecule has 0 saturated carbocycles. The van der Waals surface area contributed by atoms with Gasteiger partial charge >= 0.3 is 0 Å². The standard InChI is InChI=1S/C12H15N3O2/c1-15-12(13-8-14-15)7-11(16)9-4-3-5-10(6-9)17-2/h3-6,8,11,16H,7H2,1-2H3. The lowest BCUT2D eigenvalue weighted by Crippen LogP contribution is -2.07. The first-order valence-electron chi connectivity index (χ1n) is 5.35. The minimum absolute atomic E-state index is 0.434. The SMILES string of the molecule is COc1cccc(C(O)Cc2ncnn2C)c1. The molecular weight excluding hydrogens is 218 g/mol. The van der Waals surface area contributed by atoms with Crippen molar-refractivity contribution in [1.82, 2.24) is 14.8 Å². The number of aromatic nitrogens is 3. The molecule has 1 unspecified atom stereocenters. The quantitative estimate of drug-likeness (QED) is 0.859. The molecule has 2 rings (SSSR count). The summed E-state index contributed by atoms with van der Waals surface area (Å²) < 4.78 is 6.78. The summed E-state index contributed by atoms with van der Waals surface area (Å²) in [5.74, 6) is 1.49. The number of aliphatic hydroxyl groups is 1. The number of methoxy groups -OCH3 is 1. The van der Waals surface area contributed by atoms with Crippen LogP contribution in [-0.4, -0.2) is 27.0 Å². The number of hydrogen-bond donors (Lipinski definition) is 1. The lowest BCUT2D eigenvalue weighted by molar-refractivity contribution is 0.174. The Morgan fingerprint density at radius 1 is 1.47 bits per heavy atom. The number of aryl methyl sites for hydroxylation is 1. The third-order valence-corrected chi connectivity index (χ3v) is 2.66. The van der Waals surface area contributed by atoms with Crippen LogP contribution in [0.25, 0.3) is 0 Å². The molecule has 0 aliphatic rings. The van der Waals surface area contributed by atoms with Gasteiger partial charge in [0.25, 0.3) is 0 Å². The lowest BCUT2D eigenvalue weighted by atomic mass is 10.1. The summed E-state index contributed by atoms with van der Waals surface area (Å²) in [5, 5.41) is 14.1. The zero-order chi connectivity index (χ0) is 12.3. The van der Waals surface area contributed by atoms with Gasteiger partial charge in [0, 0.05) is 13.5 Å². The Morgan fingerprint density at radius 3 is 2.94 bits per heavy atom. The minimum atomic E-state index is -0.604. The Morgan fingerprint density at radius 2 is 2.29 bits per heavy atom. The number of benzene rings is 1. The van der Waals surface area contributed by atoms with Gasteiger partial charge in [-0.2, -0.15) is 5.10 Å². The topological polar surface area (TPSA) is 60.2 Å². The summed E-state index contributed by atoms with van der Waals surface area (Å²) >= 11 is 0. The second-order valence-electron chi connectivity index (χ2n) is 3.80. The van der Waals surface area contributed by atoms with Crippen molar-refractivity contribution < 1.29 is 9.84 Å². The van der Waals surface area contributed by atoms with Crippen molar-refractivity contribution in [2.24, 2.45) is 7.05 Å². The van der Waals surface area contributed by atoms with Crippen molar-refractivity contribution in [1.29, 1.82) is 0 Å². The minimum Gasteiger partial charge on any atom is -0.497 e. The van der Waals surface area contributed by atoms with E-state index in [9.17, 15) is 5.11 Å². The van der Waals surface area contributed by atoms with E-state index >= 15 is 0 Å². The number of hydrogen-bond acceptors (Lipinski definition) is 4. The maximum Gasteiger partial charge on any atom is 0.138 e. The summed E-state index contributed by atoms with van der Waals surface area (Å²) in [7, 11) is 3.41. The van der Waals surface area contributed by atoms with Gasteiger partial charge in [-0.05, 0) is 17.7 Å². The van der Waals surface area contributed by atoms with Crippen LogP contribution in [0.15, 0.2) is 30.6 Å². The van der Waals surface area contributed by atoms with E-state index in [0.717, 1.165) is 17.1 Å². The normalized spacial score (nSPS) is 12.4. The molecule has 1 aromatic carbocycles. The second kappa shape index (κ2) is 4.97. The van der Waals surface area contributed by atoms with Crippen LogP contribution in [0, 0.1) is 0 Å². The molecule has 0 amide bonds. The first-order valence-corrected chi connectivity index (χ1v) is 5.35. The molecule has 90 valence electrons. The van der Waals surface area contributed by atoms with Crippen molar-refractivity contribution in [3.63, 3.8) is 0 Å². The largest absolute Gasteiger partial charge is 0.497 e. The maximum atomic E-state index is 10.1. The number of rotatable bonds is 4. The van der Waals surface area contributed by atoms with E-state index in [4.69, 9.17) is 4.74 Å². The van der Waals surface area contributed by atoms with Crippen LogP contribution in [0.1, 0.15) is 17.5 Å². The Kier molecular flexibility index (Phi) is 3.39. The van der Waals surface area contributed by atoms with Gasteiger partial charge in [-0.3, -0.25) is 4.68 Å². The molecule has 5 heteroatoms. The molecule has 0 spiro atoms. The molecule has 1 atom stereocenters. The van der Waals surface area contributed by atoms with Gasteiger partial charge in [0.05, 0.1) is 13.2 Å². The van der Waals surface area contributed by atoms with Crippen LogP contribution >= 0.6 is 0 Å². The molecule has 0 saturated heterocycles. The highest BCUT2D eigenvalue weighted by molar-refractivity contribution is 5.30. The van der Waals surface area contributed by atoms with Crippen LogP contribution in [0.3, 0.4) is 0 Å². The van der Waals surface area contributed by atoms with Gasteiger partial charge in [0.1, 0.15) is 17.9 Å². The van der Waals surface area contributed by atoms with E-state index in [1.54, 1.807) is 18.8 Å². The molecule has 2 aromatic rings. The maximum absolute atomic E-state index is 10.1. The molecule has 0 aliphatic heterocycles. The Hall–Kier alpha value is -1.88. The molecule has 5 nitrogen and oxygen atoms in total. The predicted molar refractivity (Wildman–Crippen MR) is 62.7 cm³/mol. The predicted octanol–water partition coefficient (Wildman–Crippen LogP) is 1.10. The third-order valence-electron chi connectivity index (χ3n) is 2.66. The van der Waals surface area contributed by atoms with Gasteiger partial charge in [-0.15, -0.1) is 0 Å². The molecule has 0 bridgehead atoms. The number of aliphatic hydroxyl groups excluding tert-OH is 1. The van der Waals surface area contributed by atoms with Crippen LogP contribution in [0.2, 0.25) is 0 Å². The molecule has 1 heterocycles. The average Bonchev–Trinajstić information content (AvgIpc) is 2.75. The molecule has 0 radical (unpaired) electrons. The molecule has 1 N–H and O–H groups in total. The van der Waals surface area contributed by atoms with Gasteiger partial charge in [0.15, 0.2) is 0 Å². The van der Waals surface area contributed by atoms with Crippen molar-refractivity contribution in [2.75, 3.05) is 7.11 Å². The average molecular weight is 233 g/mol. The summed E-state index contributed by atoms with van der Waals surface area (Å²) in [6.45, 7) is 0. The van der Waals surface area contributed by atoms with Gasteiger partial charge in [0.2, 0.25) is 0 Å². The summed E-state index contributed by atoms with van der Waals surface area (Å²) in [5.41, 5.74) is 0.812. The van der Waals surface area contributed by atoms with Crippen molar-refractivity contribution in [3.05, 3.63) is 42.0 Å². The lowest BCUT2D eigenvalue weighted by Gasteiger charge is -2.11. The smallest absolute Gasteiger partial charge is 0.138 e.